The molecule has 2 aromatic rings. The van der Waals surface area contributed by atoms with Gasteiger partial charge >= 0.3 is 0 Å². The second kappa shape index (κ2) is 4.86. The van der Waals surface area contributed by atoms with E-state index in [0.29, 0.717) is 11.1 Å². The van der Waals surface area contributed by atoms with E-state index in [1.165, 1.54) is 30.3 Å². The second-order valence-corrected chi connectivity index (χ2v) is 4.32. The number of hydrogen-bond donors (Lipinski definition) is 0. The molecule has 0 atom stereocenters. The Morgan fingerprint density at radius 1 is 1.11 bits per heavy atom. The molecule has 92 valence electrons. The number of hydrogen-bond acceptors (Lipinski definition) is 1. The first-order chi connectivity index (χ1) is 8.49. The molecule has 0 aromatic heterocycles. The van der Waals surface area contributed by atoms with Crippen LogP contribution in [0, 0.1) is 18.6 Å². The largest absolute Gasteiger partial charge is 0.289 e. The van der Waals surface area contributed by atoms with Crippen molar-refractivity contribution in [3.63, 3.8) is 0 Å². The minimum absolute atomic E-state index is 0.0485. The molecule has 18 heavy (non-hydrogen) atoms. The molecule has 0 amide bonds. The third-order valence-electron chi connectivity index (χ3n) is 2.60. The summed E-state index contributed by atoms with van der Waals surface area (Å²) in [5.41, 5.74) is 0.858. The van der Waals surface area contributed by atoms with Crippen molar-refractivity contribution in [3.8, 4) is 0 Å². The Bertz CT molecular complexity index is 606. The van der Waals surface area contributed by atoms with Crippen LogP contribution in [-0.2, 0) is 0 Å². The van der Waals surface area contributed by atoms with Crippen molar-refractivity contribution in [2.24, 2.45) is 0 Å². The van der Waals surface area contributed by atoms with Gasteiger partial charge in [0.15, 0.2) is 5.78 Å². The van der Waals surface area contributed by atoms with E-state index in [0.717, 1.165) is 6.07 Å². The molecule has 0 bridgehead atoms. The van der Waals surface area contributed by atoms with Gasteiger partial charge in [-0.2, -0.15) is 0 Å². The van der Waals surface area contributed by atoms with Crippen LogP contribution in [-0.4, -0.2) is 5.78 Å². The van der Waals surface area contributed by atoms with Crippen molar-refractivity contribution in [2.45, 2.75) is 6.92 Å². The summed E-state index contributed by atoms with van der Waals surface area (Å²) >= 11 is 5.84. The van der Waals surface area contributed by atoms with E-state index in [-0.39, 0.29) is 16.4 Å². The Kier molecular flexibility index (Phi) is 3.43. The summed E-state index contributed by atoms with van der Waals surface area (Å²) < 4.78 is 26.0. The van der Waals surface area contributed by atoms with E-state index in [1.807, 2.05) is 0 Å². The lowest BCUT2D eigenvalue weighted by Gasteiger charge is -2.06. The Morgan fingerprint density at radius 3 is 2.33 bits per heavy atom. The first kappa shape index (κ1) is 12.7. The summed E-state index contributed by atoms with van der Waals surface area (Å²) in [6, 6.07) is 7.62. The number of ketones is 1. The average molecular weight is 267 g/mol. The summed E-state index contributed by atoms with van der Waals surface area (Å²) in [5, 5.41) is 0.0485. The van der Waals surface area contributed by atoms with Crippen molar-refractivity contribution in [1.82, 2.24) is 0 Å². The van der Waals surface area contributed by atoms with Gasteiger partial charge in [0.05, 0.1) is 5.02 Å². The summed E-state index contributed by atoms with van der Waals surface area (Å²) in [6.45, 7) is 1.55. The zero-order chi connectivity index (χ0) is 13.3. The highest BCUT2D eigenvalue weighted by molar-refractivity contribution is 6.35. The van der Waals surface area contributed by atoms with Crippen LogP contribution in [0.15, 0.2) is 36.4 Å². The van der Waals surface area contributed by atoms with Gasteiger partial charge in [0.1, 0.15) is 11.6 Å². The van der Waals surface area contributed by atoms with Gasteiger partial charge in [0.2, 0.25) is 0 Å². The van der Waals surface area contributed by atoms with Gasteiger partial charge in [-0.3, -0.25) is 4.79 Å². The van der Waals surface area contributed by atoms with Crippen molar-refractivity contribution >= 4 is 17.4 Å². The molecule has 0 radical (unpaired) electrons. The van der Waals surface area contributed by atoms with Crippen LogP contribution in [0.2, 0.25) is 5.02 Å². The maximum Gasteiger partial charge on any atom is 0.194 e. The van der Waals surface area contributed by atoms with Gasteiger partial charge in [0.25, 0.3) is 0 Å². The first-order valence-electron chi connectivity index (χ1n) is 5.25. The topological polar surface area (TPSA) is 17.1 Å². The molecular formula is C14H9ClF2O. The van der Waals surface area contributed by atoms with Gasteiger partial charge in [-0.05, 0) is 48.9 Å². The zero-order valence-corrected chi connectivity index (χ0v) is 10.3. The zero-order valence-electron chi connectivity index (χ0n) is 9.51. The van der Waals surface area contributed by atoms with Gasteiger partial charge in [-0.25, -0.2) is 8.78 Å². The summed E-state index contributed by atoms with van der Waals surface area (Å²) in [7, 11) is 0. The van der Waals surface area contributed by atoms with Crippen LogP contribution in [0.5, 0.6) is 0 Å². The number of benzene rings is 2. The molecule has 0 unspecified atom stereocenters. The van der Waals surface area contributed by atoms with Gasteiger partial charge < -0.3 is 0 Å². The maximum absolute atomic E-state index is 13.2. The Labute approximate surface area is 108 Å². The fourth-order valence-corrected chi connectivity index (χ4v) is 1.82. The molecule has 2 aromatic carbocycles. The maximum atomic E-state index is 13.2. The van der Waals surface area contributed by atoms with Crippen LogP contribution in [0.25, 0.3) is 0 Å². The standard InChI is InChI=1S/C14H9ClF2O/c1-8-6-11(12(15)7-13(8)17)14(18)9-2-4-10(16)5-3-9/h2-7H,1H3. The van der Waals surface area contributed by atoms with Crippen molar-refractivity contribution < 1.29 is 13.6 Å². The fraction of sp³-hybridized carbons (Fsp3) is 0.0714. The van der Waals surface area contributed by atoms with Crippen molar-refractivity contribution in [1.29, 1.82) is 0 Å². The smallest absolute Gasteiger partial charge is 0.194 e. The molecule has 0 aliphatic heterocycles. The van der Waals surface area contributed by atoms with Crippen LogP contribution in [0.1, 0.15) is 21.5 Å². The van der Waals surface area contributed by atoms with E-state index in [2.05, 4.69) is 0 Å². The number of carbonyl (C=O) groups is 1. The predicted molar refractivity (Wildman–Crippen MR) is 66.0 cm³/mol. The van der Waals surface area contributed by atoms with Crippen LogP contribution in [0.3, 0.4) is 0 Å². The molecule has 0 saturated carbocycles. The van der Waals surface area contributed by atoms with Crippen LogP contribution >= 0.6 is 11.6 Å². The molecule has 4 heteroatoms. The molecule has 0 heterocycles. The minimum atomic E-state index is -0.462. The summed E-state index contributed by atoms with van der Waals surface area (Å²) in [5.74, 6) is -1.24. The SMILES string of the molecule is Cc1cc(C(=O)c2ccc(F)cc2)c(Cl)cc1F. The van der Waals surface area contributed by atoms with E-state index >= 15 is 0 Å². The molecule has 2 rings (SSSR count). The lowest BCUT2D eigenvalue weighted by Crippen LogP contribution is -2.03. The second-order valence-electron chi connectivity index (χ2n) is 3.92. The Balaban J connectivity index is 2.46. The van der Waals surface area contributed by atoms with Crippen LogP contribution in [0.4, 0.5) is 8.78 Å². The number of aryl methyl sites for hydroxylation is 1. The van der Waals surface area contributed by atoms with Crippen molar-refractivity contribution in [3.05, 3.63) is 69.7 Å². The molecule has 0 aliphatic rings. The third kappa shape index (κ3) is 2.41. The Morgan fingerprint density at radius 2 is 1.72 bits per heavy atom. The average Bonchev–Trinajstić information content (AvgIpc) is 2.34. The van der Waals surface area contributed by atoms with Gasteiger partial charge in [-0.1, -0.05) is 11.6 Å². The quantitative estimate of drug-likeness (QED) is 0.746. The van der Waals surface area contributed by atoms with Crippen LogP contribution < -0.4 is 0 Å². The lowest BCUT2D eigenvalue weighted by molar-refractivity contribution is 0.103. The normalized spacial score (nSPS) is 10.4. The highest BCUT2D eigenvalue weighted by Gasteiger charge is 2.15. The summed E-state index contributed by atoms with van der Waals surface area (Å²) in [4.78, 5) is 12.1. The summed E-state index contributed by atoms with van der Waals surface area (Å²) in [6.07, 6.45) is 0. The minimum Gasteiger partial charge on any atom is -0.289 e. The van der Waals surface area contributed by atoms with E-state index < -0.39 is 11.6 Å². The van der Waals surface area contributed by atoms with E-state index in [1.54, 1.807) is 6.92 Å². The van der Waals surface area contributed by atoms with E-state index in [9.17, 15) is 13.6 Å². The van der Waals surface area contributed by atoms with Gasteiger partial charge in [0, 0.05) is 11.1 Å². The predicted octanol–water partition coefficient (Wildman–Crippen LogP) is 4.16. The third-order valence-corrected chi connectivity index (χ3v) is 2.91. The molecule has 0 spiro atoms. The van der Waals surface area contributed by atoms with Gasteiger partial charge in [-0.15, -0.1) is 0 Å². The fourth-order valence-electron chi connectivity index (χ4n) is 1.59. The number of rotatable bonds is 2. The van der Waals surface area contributed by atoms with E-state index in [4.69, 9.17) is 11.6 Å². The molecule has 0 fully saturated rings. The lowest BCUT2D eigenvalue weighted by atomic mass is 10.0. The number of carbonyl (C=O) groups excluding carboxylic acids is 1. The van der Waals surface area contributed by atoms with Crippen molar-refractivity contribution in [2.75, 3.05) is 0 Å². The number of halogens is 3. The molecule has 0 N–H and O–H groups in total. The Hall–Kier alpha value is -1.74. The molecule has 0 saturated heterocycles. The first-order valence-corrected chi connectivity index (χ1v) is 5.63. The molecular weight excluding hydrogens is 258 g/mol. The highest BCUT2D eigenvalue weighted by Crippen LogP contribution is 2.23. The molecule has 1 nitrogen and oxygen atoms in total. The highest BCUT2D eigenvalue weighted by atomic mass is 35.5. The molecule has 0 aliphatic carbocycles. The monoisotopic (exact) mass is 266 g/mol.